The van der Waals surface area contributed by atoms with Crippen LogP contribution in [0.1, 0.15) is 207 Å². The quantitative estimate of drug-likeness (QED) is 0.0262. The molecule has 0 bridgehead atoms. The van der Waals surface area contributed by atoms with E-state index < -0.39 is 6.10 Å². The first-order chi connectivity index (χ1) is 35.5. The molecule has 0 amide bonds. The van der Waals surface area contributed by atoms with E-state index in [0.717, 1.165) is 135 Å². The van der Waals surface area contributed by atoms with Crippen LogP contribution in [0.3, 0.4) is 0 Å². The Labute approximate surface area is 441 Å². The smallest absolute Gasteiger partial charge is 0.306 e. The van der Waals surface area contributed by atoms with Crippen LogP contribution in [0.2, 0.25) is 0 Å². The van der Waals surface area contributed by atoms with Crippen LogP contribution in [0.5, 0.6) is 0 Å². The van der Waals surface area contributed by atoms with Gasteiger partial charge in [0.15, 0.2) is 6.10 Å². The highest BCUT2D eigenvalue weighted by Gasteiger charge is 2.19. The van der Waals surface area contributed by atoms with E-state index in [1.54, 1.807) is 0 Å². The third-order valence-corrected chi connectivity index (χ3v) is 11.0. The predicted molar refractivity (Wildman–Crippen MR) is 311 cm³/mol. The Morgan fingerprint density at radius 3 is 0.847 bits per heavy atom. The van der Waals surface area contributed by atoms with Crippen molar-refractivity contribution >= 4 is 17.9 Å². The zero-order chi connectivity index (χ0) is 52.2. The number of carbonyl (C=O) groups excluding carboxylic acids is 3. The van der Waals surface area contributed by atoms with Gasteiger partial charge in [-0.15, -0.1) is 0 Å². The fourth-order valence-corrected chi connectivity index (χ4v) is 6.81. The number of carbonyl (C=O) groups is 3. The molecule has 1 atom stereocenters. The molecular weight excluding hydrogens is 889 g/mol. The zero-order valence-corrected chi connectivity index (χ0v) is 45.6. The van der Waals surface area contributed by atoms with Crippen LogP contribution in [0.15, 0.2) is 170 Å². The molecule has 1 unspecified atom stereocenters. The van der Waals surface area contributed by atoms with Gasteiger partial charge < -0.3 is 14.2 Å². The van der Waals surface area contributed by atoms with E-state index in [1.165, 1.54) is 19.3 Å². The van der Waals surface area contributed by atoms with Crippen LogP contribution >= 0.6 is 0 Å². The molecule has 400 valence electrons. The van der Waals surface area contributed by atoms with Crippen molar-refractivity contribution in [2.24, 2.45) is 0 Å². The Balaban J connectivity index is 4.28. The molecule has 0 aliphatic carbocycles. The number of hydrogen-bond acceptors (Lipinski definition) is 6. The van der Waals surface area contributed by atoms with E-state index >= 15 is 0 Å². The molecule has 0 spiro atoms. The maximum absolute atomic E-state index is 12.7. The van der Waals surface area contributed by atoms with E-state index in [1.807, 2.05) is 0 Å². The minimum atomic E-state index is -0.822. The Morgan fingerprint density at radius 1 is 0.292 bits per heavy atom. The van der Waals surface area contributed by atoms with Crippen molar-refractivity contribution in [2.75, 3.05) is 13.2 Å². The molecular formula is C66H100O6. The molecule has 0 aliphatic rings. The van der Waals surface area contributed by atoms with Gasteiger partial charge in [-0.25, -0.2) is 0 Å². The first kappa shape index (κ1) is 66.8. The van der Waals surface area contributed by atoms with Gasteiger partial charge in [0.1, 0.15) is 13.2 Å². The molecule has 0 aliphatic heterocycles. The standard InChI is InChI=1S/C66H100O6/c1-4-7-10-13-16-18-20-22-24-25-26-27-28-29-30-31-32-33-34-35-36-37-38-39-40-41-43-44-46-48-50-53-56-59-65(68)71-62-63(61-70-64(67)58-55-52-15-12-9-6-3)72-66(69)60-57-54-51-49-47-45-42-23-21-19-17-14-11-8-5-2/h7-8,10-11,16-19,22-24,26-27,29-30,32-33,35-36,38-39,41-43,46-49,63H,4-6,9,12-15,20-21,25,28,31,34,37,40,44-45,50-62H2,1-3H3/b10-7-,11-8-,18-16-,19-17-,24-22-,27-26-,30-29-,33-32-,36-35-,39-38-,42-23-,43-41-,48-46-,49-47-. The van der Waals surface area contributed by atoms with E-state index in [0.29, 0.717) is 19.3 Å². The second kappa shape index (κ2) is 58.3. The van der Waals surface area contributed by atoms with Gasteiger partial charge in [0.2, 0.25) is 0 Å². The summed E-state index contributed by atoms with van der Waals surface area (Å²) in [5.74, 6) is -1.03. The fraction of sp³-hybridized carbons (Fsp3) is 0.530. The van der Waals surface area contributed by atoms with Crippen LogP contribution < -0.4 is 0 Å². The maximum atomic E-state index is 12.7. The molecule has 6 heteroatoms. The molecule has 0 saturated heterocycles. The number of unbranched alkanes of at least 4 members (excludes halogenated alkanes) is 9. The maximum Gasteiger partial charge on any atom is 0.306 e. The van der Waals surface area contributed by atoms with Gasteiger partial charge in [0.05, 0.1) is 0 Å². The lowest BCUT2D eigenvalue weighted by molar-refractivity contribution is -0.167. The monoisotopic (exact) mass is 989 g/mol. The summed E-state index contributed by atoms with van der Waals surface area (Å²) < 4.78 is 16.6. The number of esters is 3. The van der Waals surface area contributed by atoms with Crippen molar-refractivity contribution < 1.29 is 28.6 Å². The average Bonchev–Trinajstić information content (AvgIpc) is 3.38. The van der Waals surface area contributed by atoms with Crippen molar-refractivity contribution in [3.63, 3.8) is 0 Å². The van der Waals surface area contributed by atoms with Crippen molar-refractivity contribution in [3.05, 3.63) is 170 Å². The highest BCUT2D eigenvalue weighted by molar-refractivity contribution is 5.71. The third-order valence-electron chi connectivity index (χ3n) is 11.0. The highest BCUT2D eigenvalue weighted by Crippen LogP contribution is 2.11. The summed E-state index contributed by atoms with van der Waals surface area (Å²) in [5.41, 5.74) is 0. The largest absolute Gasteiger partial charge is 0.462 e. The molecule has 0 fully saturated rings. The van der Waals surface area contributed by atoms with E-state index in [9.17, 15) is 14.4 Å². The van der Waals surface area contributed by atoms with Crippen LogP contribution in [0, 0.1) is 0 Å². The van der Waals surface area contributed by atoms with Gasteiger partial charge in [0.25, 0.3) is 0 Å². The van der Waals surface area contributed by atoms with Crippen LogP contribution in [-0.4, -0.2) is 37.2 Å². The molecule has 6 nitrogen and oxygen atoms in total. The number of ether oxygens (including phenoxy) is 3. The fourth-order valence-electron chi connectivity index (χ4n) is 6.81. The van der Waals surface area contributed by atoms with Gasteiger partial charge in [0, 0.05) is 19.3 Å². The Hall–Kier alpha value is -5.23. The summed E-state index contributed by atoms with van der Waals surface area (Å²) in [5, 5.41) is 0. The average molecular weight is 990 g/mol. The van der Waals surface area contributed by atoms with Crippen LogP contribution in [-0.2, 0) is 28.6 Å². The van der Waals surface area contributed by atoms with Crippen molar-refractivity contribution in [3.8, 4) is 0 Å². The molecule has 72 heavy (non-hydrogen) atoms. The minimum Gasteiger partial charge on any atom is -0.462 e. The van der Waals surface area contributed by atoms with Crippen molar-refractivity contribution in [1.29, 1.82) is 0 Å². The number of allylic oxidation sites excluding steroid dienone is 28. The first-order valence-corrected chi connectivity index (χ1v) is 28.1. The molecule has 0 radical (unpaired) electrons. The molecule has 0 saturated carbocycles. The number of hydrogen-bond donors (Lipinski definition) is 0. The van der Waals surface area contributed by atoms with Crippen LogP contribution in [0.4, 0.5) is 0 Å². The molecule has 0 aromatic rings. The Kier molecular flexibility index (Phi) is 54.1. The summed E-state index contributed by atoms with van der Waals surface area (Å²) in [4.78, 5) is 37.8. The zero-order valence-electron chi connectivity index (χ0n) is 45.6. The lowest BCUT2D eigenvalue weighted by Crippen LogP contribution is -2.30. The topological polar surface area (TPSA) is 78.9 Å². The molecule has 0 N–H and O–H groups in total. The predicted octanol–water partition coefficient (Wildman–Crippen LogP) is 19.1. The van der Waals surface area contributed by atoms with Crippen LogP contribution in [0.25, 0.3) is 0 Å². The van der Waals surface area contributed by atoms with Gasteiger partial charge in [-0.2, -0.15) is 0 Å². The molecule has 0 aromatic heterocycles. The van der Waals surface area contributed by atoms with Gasteiger partial charge in [-0.3, -0.25) is 14.4 Å². The van der Waals surface area contributed by atoms with Gasteiger partial charge in [-0.1, -0.05) is 223 Å². The molecule has 0 aromatic carbocycles. The second-order valence-electron chi connectivity index (χ2n) is 17.7. The molecule has 0 rings (SSSR count). The summed E-state index contributed by atoms with van der Waals surface area (Å²) in [7, 11) is 0. The lowest BCUT2D eigenvalue weighted by Gasteiger charge is -2.18. The third kappa shape index (κ3) is 55.7. The van der Waals surface area contributed by atoms with Crippen molar-refractivity contribution in [2.45, 2.75) is 213 Å². The van der Waals surface area contributed by atoms with Gasteiger partial charge in [-0.05, 0) is 135 Å². The number of rotatable bonds is 48. The normalized spacial score (nSPS) is 13.4. The second-order valence-corrected chi connectivity index (χ2v) is 17.7. The lowest BCUT2D eigenvalue weighted by atomic mass is 10.1. The Morgan fingerprint density at radius 2 is 0.542 bits per heavy atom. The minimum absolute atomic E-state index is 0.116. The SMILES string of the molecule is CC/C=C\C/C=C\C/C=C\C/C=C\C/C=C\C/C=C\C/C=C\C/C=C\C/C=C\C/C=C\CCCCC(=O)OCC(COC(=O)CCCCCCCC)OC(=O)CCCC/C=C\C/C=C\C/C=C\C/C=C\CC. The van der Waals surface area contributed by atoms with E-state index in [2.05, 4.69) is 191 Å². The molecule has 0 heterocycles. The van der Waals surface area contributed by atoms with Crippen molar-refractivity contribution in [1.82, 2.24) is 0 Å². The van der Waals surface area contributed by atoms with E-state index in [4.69, 9.17) is 14.2 Å². The summed E-state index contributed by atoms with van der Waals surface area (Å²) >= 11 is 0. The van der Waals surface area contributed by atoms with Gasteiger partial charge >= 0.3 is 17.9 Å². The Bertz CT molecular complexity index is 1700. The first-order valence-electron chi connectivity index (χ1n) is 28.1. The summed E-state index contributed by atoms with van der Waals surface area (Å²) in [6, 6.07) is 0. The van der Waals surface area contributed by atoms with E-state index in [-0.39, 0.29) is 44.0 Å². The summed E-state index contributed by atoms with van der Waals surface area (Å²) in [6.07, 6.45) is 86.7. The highest BCUT2D eigenvalue weighted by atomic mass is 16.6. The summed E-state index contributed by atoms with van der Waals surface area (Å²) in [6.45, 7) is 6.24.